The minimum atomic E-state index is -0.0500. The molecule has 0 spiro atoms. The van der Waals surface area contributed by atoms with Crippen LogP contribution in [0.1, 0.15) is 35.4 Å². The number of para-hydroxylation sites is 1. The summed E-state index contributed by atoms with van der Waals surface area (Å²) in [6, 6.07) is 7.75. The Kier molecular flexibility index (Phi) is 6.40. The van der Waals surface area contributed by atoms with E-state index < -0.39 is 0 Å². The third-order valence-electron chi connectivity index (χ3n) is 3.68. The number of nitrogens with one attached hydrogen (secondary N) is 2. The molecule has 1 aromatic carbocycles. The van der Waals surface area contributed by atoms with Crippen molar-refractivity contribution < 1.29 is 4.79 Å². The van der Waals surface area contributed by atoms with Gasteiger partial charge in [0.15, 0.2) is 0 Å². The van der Waals surface area contributed by atoms with Gasteiger partial charge in [0.2, 0.25) is 11.1 Å². The molecule has 2 aromatic heterocycles. The molecule has 3 aromatic rings. The molecule has 2 heterocycles. The van der Waals surface area contributed by atoms with Gasteiger partial charge in [0, 0.05) is 23.2 Å². The van der Waals surface area contributed by atoms with Gasteiger partial charge in [0.25, 0.3) is 0 Å². The topological polar surface area (TPSA) is 83.6 Å². The molecule has 0 unspecified atom stereocenters. The first kappa shape index (κ1) is 18.6. The van der Waals surface area contributed by atoms with Crippen molar-refractivity contribution in [3.63, 3.8) is 0 Å². The highest BCUT2D eigenvalue weighted by Crippen LogP contribution is 2.21. The number of benzene rings is 1. The molecule has 0 saturated carbocycles. The van der Waals surface area contributed by atoms with Gasteiger partial charge in [-0.1, -0.05) is 36.9 Å². The normalized spacial score (nSPS) is 10.8. The van der Waals surface area contributed by atoms with Crippen LogP contribution in [0.25, 0.3) is 0 Å². The highest BCUT2D eigenvalue weighted by atomic mass is 32.2. The molecule has 0 aliphatic carbocycles. The van der Waals surface area contributed by atoms with Crippen LogP contribution in [0.5, 0.6) is 0 Å². The second kappa shape index (κ2) is 8.95. The van der Waals surface area contributed by atoms with E-state index in [1.54, 1.807) is 11.8 Å². The van der Waals surface area contributed by atoms with Gasteiger partial charge < -0.3 is 5.32 Å². The smallest absolute Gasteiger partial charge is 0.231 e. The van der Waals surface area contributed by atoms with E-state index in [0.29, 0.717) is 5.75 Å². The molecule has 0 atom stereocenters. The number of nitrogens with zero attached hydrogens (tertiary/aromatic N) is 3. The Hall–Kier alpha value is -2.19. The summed E-state index contributed by atoms with van der Waals surface area (Å²) in [5, 5.41) is 13.6. The first-order valence-electron chi connectivity index (χ1n) is 8.47. The third kappa shape index (κ3) is 5.15. The summed E-state index contributed by atoms with van der Waals surface area (Å²) in [4.78, 5) is 21.2. The lowest BCUT2D eigenvalue weighted by atomic mass is 10.2. The number of aryl methyl sites for hydroxylation is 2. The Labute approximate surface area is 160 Å². The van der Waals surface area contributed by atoms with Gasteiger partial charge in [-0.2, -0.15) is 0 Å². The molecule has 0 aliphatic rings. The van der Waals surface area contributed by atoms with Crippen LogP contribution in [0, 0.1) is 6.92 Å². The van der Waals surface area contributed by atoms with Crippen LogP contribution in [0.2, 0.25) is 0 Å². The van der Waals surface area contributed by atoms with Crippen molar-refractivity contribution in [2.45, 2.75) is 44.0 Å². The summed E-state index contributed by atoms with van der Waals surface area (Å²) in [6.07, 6.45) is 2.23. The third-order valence-corrected chi connectivity index (χ3v) is 5.46. The molecule has 6 nitrogen and oxygen atoms in total. The maximum absolute atomic E-state index is 12.2. The summed E-state index contributed by atoms with van der Waals surface area (Å²) >= 11 is 3.05. The molecule has 2 N–H and O–H groups in total. The van der Waals surface area contributed by atoms with Crippen molar-refractivity contribution in [1.29, 1.82) is 0 Å². The molecule has 8 heteroatoms. The molecule has 0 saturated heterocycles. The van der Waals surface area contributed by atoms with Crippen LogP contribution in [0.3, 0.4) is 0 Å². The quantitative estimate of drug-likeness (QED) is 0.571. The molecule has 0 radical (unpaired) electrons. The van der Waals surface area contributed by atoms with Crippen molar-refractivity contribution in [3.05, 3.63) is 51.7 Å². The predicted octanol–water partition coefficient (Wildman–Crippen LogP) is 4.00. The summed E-state index contributed by atoms with van der Waals surface area (Å²) in [5.74, 6) is 1.56. The fourth-order valence-electron chi connectivity index (χ4n) is 2.37. The van der Waals surface area contributed by atoms with Gasteiger partial charge in [-0.05, 0) is 25.0 Å². The standard InChI is InChI=1S/C18H21N5OS2/c1-3-6-15-21-18(23-22-15)26-11-13-10-25-17(19-13)9-16(24)20-14-8-5-4-7-12(14)2/h4-5,7-8,10H,3,6,9,11H2,1-2H3,(H,20,24)(H,21,22,23). The lowest BCUT2D eigenvalue weighted by Crippen LogP contribution is -2.15. The molecule has 26 heavy (non-hydrogen) atoms. The van der Waals surface area contributed by atoms with E-state index in [1.165, 1.54) is 11.3 Å². The summed E-state index contributed by atoms with van der Waals surface area (Å²) < 4.78 is 0. The van der Waals surface area contributed by atoms with E-state index >= 15 is 0 Å². The first-order chi connectivity index (χ1) is 12.6. The second-order valence-electron chi connectivity index (χ2n) is 5.88. The van der Waals surface area contributed by atoms with E-state index in [9.17, 15) is 4.79 Å². The Morgan fingerprint density at radius 3 is 2.96 bits per heavy atom. The van der Waals surface area contributed by atoms with Crippen LogP contribution >= 0.6 is 23.1 Å². The number of aromatic nitrogens is 4. The van der Waals surface area contributed by atoms with Gasteiger partial charge in [0.1, 0.15) is 10.8 Å². The first-order valence-corrected chi connectivity index (χ1v) is 10.3. The highest BCUT2D eigenvalue weighted by Gasteiger charge is 2.11. The zero-order valence-corrected chi connectivity index (χ0v) is 16.4. The predicted molar refractivity (Wildman–Crippen MR) is 106 cm³/mol. The van der Waals surface area contributed by atoms with E-state index in [4.69, 9.17) is 0 Å². The number of hydrogen-bond donors (Lipinski definition) is 2. The van der Waals surface area contributed by atoms with Crippen LogP contribution in [0.15, 0.2) is 34.8 Å². The van der Waals surface area contributed by atoms with Gasteiger partial charge >= 0.3 is 0 Å². The van der Waals surface area contributed by atoms with Gasteiger partial charge in [-0.3, -0.25) is 9.89 Å². The number of aromatic amines is 1. The zero-order valence-electron chi connectivity index (χ0n) is 14.8. The highest BCUT2D eigenvalue weighted by molar-refractivity contribution is 7.98. The van der Waals surface area contributed by atoms with Gasteiger partial charge in [-0.15, -0.1) is 16.4 Å². The Bertz CT molecular complexity index is 874. The monoisotopic (exact) mass is 387 g/mol. The fourth-order valence-corrected chi connectivity index (χ4v) is 3.98. The van der Waals surface area contributed by atoms with E-state index in [-0.39, 0.29) is 12.3 Å². The van der Waals surface area contributed by atoms with Gasteiger partial charge in [0.05, 0.1) is 12.1 Å². The molecule has 3 rings (SSSR count). The number of carbonyl (C=O) groups excluding carboxylic acids is 1. The summed E-state index contributed by atoms with van der Waals surface area (Å²) in [7, 11) is 0. The Morgan fingerprint density at radius 2 is 2.15 bits per heavy atom. The Morgan fingerprint density at radius 1 is 1.31 bits per heavy atom. The number of hydrogen-bond acceptors (Lipinski definition) is 6. The minimum absolute atomic E-state index is 0.0500. The number of H-pyrrole nitrogens is 1. The Balaban J connectivity index is 1.51. The second-order valence-corrected chi connectivity index (χ2v) is 7.76. The zero-order chi connectivity index (χ0) is 18.4. The van der Waals surface area contributed by atoms with E-state index in [1.807, 2.05) is 36.6 Å². The number of carbonyl (C=O) groups is 1. The van der Waals surface area contributed by atoms with Crippen LogP contribution in [-0.4, -0.2) is 26.1 Å². The van der Waals surface area contributed by atoms with Crippen molar-refractivity contribution in [3.8, 4) is 0 Å². The van der Waals surface area contributed by atoms with Crippen molar-refractivity contribution >= 4 is 34.7 Å². The molecular formula is C18H21N5OS2. The van der Waals surface area contributed by atoms with Crippen molar-refractivity contribution in [2.24, 2.45) is 0 Å². The molecule has 1 amide bonds. The fraction of sp³-hybridized carbons (Fsp3) is 0.333. The van der Waals surface area contributed by atoms with Gasteiger partial charge in [-0.25, -0.2) is 9.97 Å². The largest absolute Gasteiger partial charge is 0.325 e. The molecule has 136 valence electrons. The lowest BCUT2D eigenvalue weighted by Gasteiger charge is -2.06. The summed E-state index contributed by atoms with van der Waals surface area (Å²) in [6.45, 7) is 4.09. The number of thioether (sulfide) groups is 1. The maximum Gasteiger partial charge on any atom is 0.231 e. The van der Waals surface area contributed by atoms with Crippen LogP contribution < -0.4 is 5.32 Å². The van der Waals surface area contributed by atoms with Crippen molar-refractivity contribution in [2.75, 3.05) is 5.32 Å². The van der Waals surface area contributed by atoms with Crippen molar-refractivity contribution in [1.82, 2.24) is 20.2 Å². The number of anilines is 1. The molecule has 0 bridgehead atoms. The SMILES string of the molecule is CCCc1nc(SCc2csc(CC(=O)Nc3ccccc3C)n2)n[nH]1. The molecule has 0 fully saturated rings. The maximum atomic E-state index is 12.2. The van der Waals surface area contributed by atoms with E-state index in [0.717, 1.165) is 45.8 Å². The number of thiazole rings is 1. The average Bonchev–Trinajstić information content (AvgIpc) is 3.25. The van der Waals surface area contributed by atoms with Crippen LogP contribution in [-0.2, 0) is 23.4 Å². The van der Waals surface area contributed by atoms with E-state index in [2.05, 4.69) is 32.4 Å². The minimum Gasteiger partial charge on any atom is -0.325 e. The number of amides is 1. The number of rotatable bonds is 8. The van der Waals surface area contributed by atoms with Crippen LogP contribution in [0.4, 0.5) is 5.69 Å². The molecular weight excluding hydrogens is 366 g/mol. The average molecular weight is 388 g/mol. The summed E-state index contributed by atoms with van der Waals surface area (Å²) in [5.41, 5.74) is 2.84. The molecule has 0 aliphatic heterocycles. The lowest BCUT2D eigenvalue weighted by molar-refractivity contribution is -0.115.